The highest BCUT2D eigenvalue weighted by Gasteiger charge is 2.17. The molecule has 0 saturated carbocycles. The lowest BCUT2D eigenvalue weighted by Gasteiger charge is -2.29. The molecule has 0 spiro atoms. The molecule has 5 heteroatoms. The van der Waals surface area contributed by atoms with Crippen molar-refractivity contribution in [3.63, 3.8) is 0 Å². The molecule has 2 rings (SSSR count). The van der Waals surface area contributed by atoms with Gasteiger partial charge in [-0.15, -0.1) is 0 Å². The first kappa shape index (κ1) is 11.2. The van der Waals surface area contributed by atoms with Gasteiger partial charge in [-0.1, -0.05) is 11.6 Å². The van der Waals surface area contributed by atoms with Crippen molar-refractivity contribution in [3.8, 4) is 6.07 Å². The third-order valence-corrected chi connectivity index (χ3v) is 2.82. The van der Waals surface area contributed by atoms with Crippen LogP contribution >= 0.6 is 11.6 Å². The lowest BCUT2D eigenvalue weighted by molar-refractivity contribution is 0.122. The van der Waals surface area contributed by atoms with Crippen LogP contribution in [0.25, 0.3) is 0 Å². The van der Waals surface area contributed by atoms with E-state index in [4.69, 9.17) is 21.6 Å². The Kier molecular flexibility index (Phi) is 3.28. The van der Waals surface area contributed by atoms with Gasteiger partial charge >= 0.3 is 0 Å². The zero-order valence-corrected chi connectivity index (χ0v) is 9.30. The van der Waals surface area contributed by atoms with Crippen LogP contribution in [0.15, 0.2) is 12.1 Å². The second-order valence-corrected chi connectivity index (χ2v) is 3.90. The summed E-state index contributed by atoms with van der Waals surface area (Å²) in [6.45, 7) is 2.44. The quantitative estimate of drug-likeness (QED) is 0.755. The maximum atomic E-state index is 13.7. The number of halogens is 2. The van der Waals surface area contributed by atoms with E-state index in [2.05, 4.69) is 0 Å². The molecule has 84 valence electrons. The molecular weight excluding hydrogens is 231 g/mol. The van der Waals surface area contributed by atoms with Gasteiger partial charge in [-0.25, -0.2) is 4.39 Å². The Balaban J connectivity index is 2.34. The molecule has 0 bridgehead atoms. The van der Waals surface area contributed by atoms with Crippen LogP contribution in [-0.4, -0.2) is 26.3 Å². The van der Waals surface area contributed by atoms with E-state index in [-0.39, 0.29) is 10.6 Å². The molecule has 1 aliphatic heterocycles. The van der Waals surface area contributed by atoms with Crippen molar-refractivity contribution < 1.29 is 9.13 Å². The van der Waals surface area contributed by atoms with E-state index < -0.39 is 5.82 Å². The Bertz CT molecular complexity index is 438. The first-order chi connectivity index (χ1) is 7.72. The molecule has 1 fully saturated rings. The Morgan fingerprint density at radius 1 is 1.38 bits per heavy atom. The van der Waals surface area contributed by atoms with E-state index in [0.29, 0.717) is 32.0 Å². The summed E-state index contributed by atoms with van der Waals surface area (Å²) >= 11 is 5.87. The molecule has 0 N–H and O–H groups in total. The van der Waals surface area contributed by atoms with Gasteiger partial charge in [0, 0.05) is 13.1 Å². The molecule has 1 aromatic carbocycles. The number of anilines is 1. The summed E-state index contributed by atoms with van der Waals surface area (Å²) in [5.74, 6) is -0.414. The average molecular weight is 241 g/mol. The molecule has 0 aliphatic carbocycles. The number of benzene rings is 1. The number of nitriles is 1. The van der Waals surface area contributed by atoms with Gasteiger partial charge in [-0.2, -0.15) is 5.26 Å². The van der Waals surface area contributed by atoms with Gasteiger partial charge in [0.1, 0.15) is 11.9 Å². The largest absolute Gasteiger partial charge is 0.378 e. The fourth-order valence-electron chi connectivity index (χ4n) is 1.67. The lowest BCUT2D eigenvalue weighted by Crippen LogP contribution is -2.36. The average Bonchev–Trinajstić information content (AvgIpc) is 2.32. The first-order valence-corrected chi connectivity index (χ1v) is 5.32. The Morgan fingerprint density at radius 3 is 2.69 bits per heavy atom. The molecular formula is C11H10ClFN2O. The molecule has 16 heavy (non-hydrogen) atoms. The normalized spacial score (nSPS) is 15.9. The van der Waals surface area contributed by atoms with Crippen molar-refractivity contribution in [2.24, 2.45) is 0 Å². The second kappa shape index (κ2) is 4.69. The zero-order chi connectivity index (χ0) is 11.5. The first-order valence-electron chi connectivity index (χ1n) is 4.94. The zero-order valence-electron chi connectivity index (χ0n) is 8.54. The third-order valence-electron chi connectivity index (χ3n) is 2.51. The maximum Gasteiger partial charge on any atom is 0.147 e. The van der Waals surface area contributed by atoms with Gasteiger partial charge < -0.3 is 9.64 Å². The summed E-state index contributed by atoms with van der Waals surface area (Å²) in [6, 6.07) is 4.53. The molecule has 1 saturated heterocycles. The van der Waals surface area contributed by atoms with Crippen LogP contribution in [0.3, 0.4) is 0 Å². The molecule has 1 aliphatic rings. The van der Waals surface area contributed by atoms with Crippen LogP contribution < -0.4 is 4.90 Å². The second-order valence-electron chi connectivity index (χ2n) is 3.49. The van der Waals surface area contributed by atoms with Crippen molar-refractivity contribution in [2.45, 2.75) is 0 Å². The lowest BCUT2D eigenvalue weighted by atomic mass is 10.2. The van der Waals surface area contributed by atoms with Gasteiger partial charge in [-0.3, -0.25) is 0 Å². The van der Waals surface area contributed by atoms with Crippen molar-refractivity contribution in [3.05, 3.63) is 28.5 Å². The Labute approximate surface area is 98.0 Å². The van der Waals surface area contributed by atoms with E-state index in [1.165, 1.54) is 12.1 Å². The predicted molar refractivity (Wildman–Crippen MR) is 59.2 cm³/mol. The molecule has 0 aromatic heterocycles. The van der Waals surface area contributed by atoms with Crippen molar-refractivity contribution in [1.82, 2.24) is 0 Å². The minimum absolute atomic E-state index is 0.163. The van der Waals surface area contributed by atoms with Gasteiger partial charge in [0.2, 0.25) is 0 Å². The molecule has 0 amide bonds. The number of morpholine rings is 1. The Morgan fingerprint density at radius 2 is 2.06 bits per heavy atom. The highest BCUT2D eigenvalue weighted by molar-refractivity contribution is 6.32. The topological polar surface area (TPSA) is 36.3 Å². The van der Waals surface area contributed by atoms with Crippen LogP contribution in [0.2, 0.25) is 5.02 Å². The molecule has 3 nitrogen and oxygen atoms in total. The van der Waals surface area contributed by atoms with Gasteiger partial charge in [0.05, 0.1) is 29.5 Å². The monoisotopic (exact) mass is 240 g/mol. The molecule has 0 radical (unpaired) electrons. The van der Waals surface area contributed by atoms with Crippen LogP contribution in [0, 0.1) is 17.1 Å². The van der Waals surface area contributed by atoms with Gasteiger partial charge in [0.15, 0.2) is 0 Å². The fourth-order valence-corrected chi connectivity index (χ4v) is 1.87. The van der Waals surface area contributed by atoms with Crippen molar-refractivity contribution in [1.29, 1.82) is 5.26 Å². The number of nitrogens with zero attached hydrogens (tertiary/aromatic N) is 2. The summed E-state index contributed by atoms with van der Waals surface area (Å²) < 4.78 is 18.9. The Hall–Kier alpha value is -1.31. The van der Waals surface area contributed by atoms with Crippen molar-refractivity contribution in [2.75, 3.05) is 31.2 Å². The third kappa shape index (κ3) is 2.11. The van der Waals surface area contributed by atoms with Crippen molar-refractivity contribution >= 4 is 17.3 Å². The highest BCUT2D eigenvalue weighted by atomic mass is 35.5. The van der Waals surface area contributed by atoms with E-state index in [0.717, 1.165) is 0 Å². The summed E-state index contributed by atoms with van der Waals surface area (Å²) in [5, 5.41) is 8.99. The number of ether oxygens (including phenoxy) is 1. The summed E-state index contributed by atoms with van der Waals surface area (Å²) in [6.07, 6.45) is 0. The van der Waals surface area contributed by atoms with Gasteiger partial charge in [0.25, 0.3) is 0 Å². The summed E-state index contributed by atoms with van der Waals surface area (Å²) in [4.78, 5) is 1.87. The highest BCUT2D eigenvalue weighted by Crippen LogP contribution is 2.27. The van der Waals surface area contributed by atoms with Gasteiger partial charge in [-0.05, 0) is 12.1 Å². The van der Waals surface area contributed by atoms with Crippen LogP contribution in [-0.2, 0) is 4.74 Å². The minimum Gasteiger partial charge on any atom is -0.378 e. The fraction of sp³-hybridized carbons (Fsp3) is 0.364. The molecule has 0 atom stereocenters. The van der Waals surface area contributed by atoms with Crippen LogP contribution in [0.4, 0.5) is 10.1 Å². The van der Waals surface area contributed by atoms with Crippen LogP contribution in [0.1, 0.15) is 5.56 Å². The molecule has 0 unspecified atom stereocenters. The SMILES string of the molecule is N#Cc1cc(F)c(N2CCOCC2)cc1Cl. The maximum absolute atomic E-state index is 13.7. The smallest absolute Gasteiger partial charge is 0.147 e. The summed E-state index contributed by atoms with van der Waals surface area (Å²) in [5.41, 5.74) is 0.600. The number of rotatable bonds is 1. The standard InChI is InChI=1S/C11H10ClFN2O/c12-9-6-11(10(13)5-8(9)7-14)15-1-3-16-4-2-15/h5-6H,1-4H2. The predicted octanol–water partition coefficient (Wildman–Crippen LogP) is 2.19. The minimum atomic E-state index is -0.414. The molecule has 1 heterocycles. The van der Waals surface area contributed by atoms with E-state index >= 15 is 0 Å². The van der Waals surface area contributed by atoms with E-state index in [1.54, 1.807) is 0 Å². The number of hydrogen-bond donors (Lipinski definition) is 0. The number of hydrogen-bond acceptors (Lipinski definition) is 3. The van der Waals surface area contributed by atoms with E-state index in [9.17, 15) is 4.39 Å². The van der Waals surface area contributed by atoms with E-state index in [1.807, 2.05) is 11.0 Å². The molecule has 1 aromatic rings. The summed E-state index contributed by atoms with van der Waals surface area (Å²) in [7, 11) is 0. The van der Waals surface area contributed by atoms with Crippen LogP contribution in [0.5, 0.6) is 0 Å².